The van der Waals surface area contributed by atoms with Crippen molar-refractivity contribution in [1.82, 2.24) is 15.0 Å². The lowest BCUT2D eigenvalue weighted by atomic mass is 10.1. The summed E-state index contributed by atoms with van der Waals surface area (Å²) in [4.78, 5) is 12.3. The van der Waals surface area contributed by atoms with Gasteiger partial charge in [0, 0.05) is 18.0 Å². The molecule has 0 spiro atoms. The molecule has 0 saturated heterocycles. The van der Waals surface area contributed by atoms with Crippen molar-refractivity contribution in [2.45, 2.75) is 38.8 Å². The maximum atomic E-state index is 13.4. The minimum atomic E-state index is -4.52. The van der Waals surface area contributed by atoms with Crippen molar-refractivity contribution in [2.24, 2.45) is 0 Å². The van der Waals surface area contributed by atoms with Crippen LogP contribution in [0.15, 0.2) is 30.5 Å². The fraction of sp³-hybridized carbons (Fsp3) is 0.353. The number of hydrogen-bond acceptors (Lipinski definition) is 3. The molecule has 0 amide bonds. The second kappa shape index (κ2) is 6.10. The van der Waals surface area contributed by atoms with E-state index in [1.54, 1.807) is 24.3 Å². The van der Waals surface area contributed by atoms with E-state index in [9.17, 15) is 13.2 Å². The van der Waals surface area contributed by atoms with Crippen LogP contribution in [-0.4, -0.2) is 15.0 Å². The molecule has 2 heterocycles. The van der Waals surface area contributed by atoms with E-state index in [1.807, 2.05) is 6.92 Å². The number of halogens is 3. The Bertz CT molecular complexity index is 843. The lowest BCUT2D eigenvalue weighted by Crippen LogP contribution is -2.12. The van der Waals surface area contributed by atoms with Crippen LogP contribution >= 0.6 is 0 Å². The molecule has 1 aromatic carbocycles. The molecule has 0 unspecified atom stereocenters. The van der Waals surface area contributed by atoms with Gasteiger partial charge in [-0.2, -0.15) is 13.2 Å². The molecule has 120 valence electrons. The molecule has 0 radical (unpaired) electrons. The molecule has 3 nitrogen and oxygen atoms in total. The monoisotopic (exact) mass is 319 g/mol. The first-order chi connectivity index (χ1) is 11.0. The van der Waals surface area contributed by atoms with Crippen LogP contribution in [0.25, 0.3) is 21.8 Å². The van der Waals surface area contributed by atoms with Crippen LogP contribution < -0.4 is 0 Å². The summed E-state index contributed by atoms with van der Waals surface area (Å²) >= 11 is 0. The van der Waals surface area contributed by atoms with Crippen LogP contribution in [0.3, 0.4) is 0 Å². The van der Waals surface area contributed by atoms with Crippen molar-refractivity contribution in [1.29, 1.82) is 0 Å². The first-order valence-electron chi connectivity index (χ1n) is 7.62. The third kappa shape index (κ3) is 3.11. The van der Waals surface area contributed by atoms with E-state index >= 15 is 0 Å². The van der Waals surface area contributed by atoms with Crippen molar-refractivity contribution >= 4 is 21.8 Å². The number of unbranched alkanes of at least 4 members (excludes halogenated alkanes) is 2. The Kier molecular flexibility index (Phi) is 4.15. The third-order valence-electron chi connectivity index (χ3n) is 3.76. The molecule has 6 heteroatoms. The zero-order valence-corrected chi connectivity index (χ0v) is 12.7. The molecule has 3 aromatic rings. The van der Waals surface area contributed by atoms with E-state index in [0.29, 0.717) is 22.8 Å². The molecule has 2 aromatic heterocycles. The van der Waals surface area contributed by atoms with Gasteiger partial charge in [0.15, 0.2) is 5.69 Å². The highest BCUT2D eigenvalue weighted by Crippen LogP contribution is 2.34. The summed E-state index contributed by atoms with van der Waals surface area (Å²) in [5.74, 6) is 0.245. The van der Waals surface area contributed by atoms with Gasteiger partial charge in [0.2, 0.25) is 0 Å². The Morgan fingerprint density at radius 1 is 1.00 bits per heavy atom. The predicted octanol–water partition coefficient (Wildman–Crippen LogP) is 4.93. The topological polar surface area (TPSA) is 38.7 Å². The number of hydrogen-bond donors (Lipinski definition) is 0. The molecule has 0 fully saturated rings. The summed E-state index contributed by atoms with van der Waals surface area (Å²) in [6.45, 7) is 2.04. The van der Waals surface area contributed by atoms with Crippen LogP contribution in [0.4, 0.5) is 13.2 Å². The summed E-state index contributed by atoms with van der Waals surface area (Å²) < 4.78 is 40.1. The van der Waals surface area contributed by atoms with E-state index in [-0.39, 0.29) is 11.2 Å². The number of rotatable bonds is 4. The van der Waals surface area contributed by atoms with Gasteiger partial charge in [-0.15, -0.1) is 0 Å². The highest BCUT2D eigenvalue weighted by Gasteiger charge is 2.35. The van der Waals surface area contributed by atoms with Gasteiger partial charge in [0.25, 0.3) is 0 Å². The maximum Gasteiger partial charge on any atom is 0.434 e. The summed E-state index contributed by atoms with van der Waals surface area (Å²) in [6, 6.07) is 7.08. The van der Waals surface area contributed by atoms with Crippen LogP contribution in [0.2, 0.25) is 0 Å². The lowest BCUT2D eigenvalue weighted by Gasteiger charge is -2.12. The highest BCUT2D eigenvalue weighted by atomic mass is 19.4. The fourth-order valence-corrected chi connectivity index (χ4v) is 2.62. The SMILES string of the molecule is CCCCCc1nc(C(F)(F)F)c2cnc3ccccc3c2n1. The van der Waals surface area contributed by atoms with E-state index in [0.717, 1.165) is 19.3 Å². The Labute approximate surface area is 131 Å². The normalized spacial score (nSPS) is 12.2. The van der Waals surface area contributed by atoms with Crippen LogP contribution in [0.5, 0.6) is 0 Å². The summed E-state index contributed by atoms with van der Waals surface area (Å²) in [5, 5.41) is 0.574. The molecular formula is C17H16F3N3. The lowest BCUT2D eigenvalue weighted by molar-refractivity contribution is -0.140. The Morgan fingerprint density at radius 2 is 1.78 bits per heavy atom. The van der Waals surface area contributed by atoms with E-state index in [1.165, 1.54) is 6.20 Å². The quantitative estimate of drug-likeness (QED) is 0.505. The van der Waals surface area contributed by atoms with Gasteiger partial charge in [-0.25, -0.2) is 9.97 Å². The zero-order valence-electron chi connectivity index (χ0n) is 12.7. The first kappa shape index (κ1) is 15.6. The zero-order chi connectivity index (χ0) is 16.4. The number of aryl methyl sites for hydroxylation is 1. The number of aromatic nitrogens is 3. The molecule has 0 aliphatic heterocycles. The average molecular weight is 319 g/mol. The predicted molar refractivity (Wildman–Crippen MR) is 83.1 cm³/mol. The van der Waals surface area contributed by atoms with Crippen molar-refractivity contribution in [3.63, 3.8) is 0 Å². The third-order valence-corrected chi connectivity index (χ3v) is 3.76. The van der Waals surface area contributed by atoms with Crippen LogP contribution in [0.1, 0.15) is 37.7 Å². The van der Waals surface area contributed by atoms with E-state index in [2.05, 4.69) is 15.0 Å². The minimum absolute atomic E-state index is 0.0459. The van der Waals surface area contributed by atoms with Gasteiger partial charge in [0.1, 0.15) is 5.82 Å². The minimum Gasteiger partial charge on any atom is -0.255 e. The number of fused-ring (bicyclic) bond motifs is 3. The standard InChI is InChI=1S/C17H16F3N3/c1-2-3-4-9-14-22-15-11-7-5-6-8-13(11)21-10-12(15)16(23-14)17(18,19)20/h5-8,10H,2-4,9H2,1H3. The Hall–Kier alpha value is -2.24. The smallest absolute Gasteiger partial charge is 0.255 e. The van der Waals surface area contributed by atoms with Gasteiger partial charge in [0.05, 0.1) is 16.4 Å². The van der Waals surface area contributed by atoms with E-state index < -0.39 is 11.9 Å². The second-order valence-electron chi connectivity index (χ2n) is 5.48. The Morgan fingerprint density at radius 3 is 2.52 bits per heavy atom. The number of benzene rings is 1. The summed E-state index contributed by atoms with van der Waals surface area (Å²) in [6.07, 6.45) is -0.140. The molecule has 0 atom stereocenters. The summed E-state index contributed by atoms with van der Waals surface area (Å²) in [7, 11) is 0. The number of alkyl halides is 3. The molecule has 0 aliphatic rings. The number of para-hydroxylation sites is 1. The van der Waals surface area contributed by atoms with Crippen molar-refractivity contribution in [3.05, 3.63) is 42.0 Å². The van der Waals surface area contributed by atoms with Crippen LogP contribution in [0, 0.1) is 0 Å². The molecule has 0 N–H and O–H groups in total. The summed E-state index contributed by atoms with van der Waals surface area (Å²) in [5.41, 5.74) is 0.0583. The molecular weight excluding hydrogens is 303 g/mol. The van der Waals surface area contributed by atoms with Gasteiger partial charge in [-0.05, 0) is 12.5 Å². The van der Waals surface area contributed by atoms with Gasteiger partial charge in [-0.3, -0.25) is 4.98 Å². The molecule has 0 bridgehead atoms. The highest BCUT2D eigenvalue weighted by molar-refractivity contribution is 6.03. The van der Waals surface area contributed by atoms with Crippen molar-refractivity contribution in [2.75, 3.05) is 0 Å². The first-order valence-corrected chi connectivity index (χ1v) is 7.62. The van der Waals surface area contributed by atoms with Gasteiger partial charge >= 0.3 is 6.18 Å². The maximum absolute atomic E-state index is 13.4. The number of pyridine rings is 1. The van der Waals surface area contributed by atoms with E-state index in [4.69, 9.17) is 0 Å². The molecule has 3 rings (SSSR count). The fourth-order valence-electron chi connectivity index (χ4n) is 2.62. The van der Waals surface area contributed by atoms with Crippen molar-refractivity contribution in [3.8, 4) is 0 Å². The number of nitrogens with zero attached hydrogens (tertiary/aromatic N) is 3. The van der Waals surface area contributed by atoms with Gasteiger partial charge in [-0.1, -0.05) is 38.0 Å². The van der Waals surface area contributed by atoms with Crippen molar-refractivity contribution < 1.29 is 13.2 Å². The largest absolute Gasteiger partial charge is 0.434 e. The molecule has 0 aliphatic carbocycles. The van der Waals surface area contributed by atoms with Gasteiger partial charge < -0.3 is 0 Å². The van der Waals surface area contributed by atoms with Crippen LogP contribution in [-0.2, 0) is 12.6 Å². The second-order valence-corrected chi connectivity index (χ2v) is 5.48. The Balaban J connectivity index is 2.24. The molecule has 0 saturated carbocycles. The average Bonchev–Trinajstić information content (AvgIpc) is 2.53. The molecule has 23 heavy (non-hydrogen) atoms.